The van der Waals surface area contributed by atoms with E-state index in [9.17, 15) is 0 Å². The first-order valence-corrected chi connectivity index (χ1v) is 7.23. The lowest BCUT2D eigenvalue weighted by atomic mass is 10.0. The van der Waals surface area contributed by atoms with Crippen LogP contribution in [0.5, 0.6) is 0 Å². The number of rotatable bonds is 0. The molecule has 0 atom stereocenters. The molecule has 0 bridgehead atoms. The Bertz CT molecular complexity index is 1170. The molecule has 0 aliphatic carbocycles. The van der Waals surface area contributed by atoms with Crippen molar-refractivity contribution in [3.8, 4) is 0 Å². The molecule has 22 heavy (non-hydrogen) atoms. The summed E-state index contributed by atoms with van der Waals surface area (Å²) in [5.41, 5.74) is 4.73. The average Bonchev–Trinajstić information content (AvgIpc) is 2.59. The van der Waals surface area contributed by atoms with E-state index in [0.717, 1.165) is 38.4 Å². The molecule has 0 fully saturated rings. The monoisotopic (exact) mass is 281 g/mol. The second kappa shape index (κ2) is 4.21. The fourth-order valence-electron chi connectivity index (χ4n) is 3.05. The highest BCUT2D eigenvalue weighted by molar-refractivity contribution is 6.15. The fraction of sp³-hybridized carbons (Fsp3) is 0. The molecule has 102 valence electrons. The first-order chi connectivity index (χ1) is 10.9. The van der Waals surface area contributed by atoms with Gasteiger partial charge in [-0.2, -0.15) is 0 Å². The molecule has 0 aliphatic heterocycles. The van der Waals surface area contributed by atoms with Gasteiger partial charge in [0, 0.05) is 17.0 Å². The number of hydrogen-bond acceptors (Lipinski definition) is 3. The van der Waals surface area contributed by atoms with E-state index in [2.05, 4.69) is 23.2 Å². The van der Waals surface area contributed by atoms with Crippen LogP contribution in [0.2, 0.25) is 0 Å². The van der Waals surface area contributed by atoms with Crippen LogP contribution in [0.3, 0.4) is 0 Å². The molecule has 0 radical (unpaired) electrons. The summed E-state index contributed by atoms with van der Waals surface area (Å²) in [4.78, 5) is 14.0. The zero-order valence-electron chi connectivity index (χ0n) is 11.7. The molecule has 0 aliphatic rings. The minimum absolute atomic E-state index is 0.925. The molecule has 0 unspecified atom stereocenters. The number of para-hydroxylation sites is 2. The van der Waals surface area contributed by atoms with Gasteiger partial charge >= 0.3 is 0 Å². The molecule has 3 heteroatoms. The van der Waals surface area contributed by atoms with Gasteiger partial charge in [0.25, 0.3) is 0 Å². The summed E-state index contributed by atoms with van der Waals surface area (Å²) in [6.45, 7) is 0. The van der Waals surface area contributed by atoms with E-state index in [4.69, 9.17) is 9.97 Å². The first-order valence-electron chi connectivity index (χ1n) is 7.23. The largest absolute Gasteiger partial charge is 0.256 e. The Kier molecular flexibility index (Phi) is 2.22. The molecule has 0 saturated carbocycles. The summed E-state index contributed by atoms with van der Waals surface area (Å²) < 4.78 is 0. The van der Waals surface area contributed by atoms with E-state index in [1.165, 1.54) is 5.39 Å². The zero-order chi connectivity index (χ0) is 14.5. The third kappa shape index (κ3) is 1.53. The molecule has 3 aromatic carbocycles. The molecule has 0 amide bonds. The van der Waals surface area contributed by atoms with Crippen molar-refractivity contribution < 1.29 is 0 Å². The van der Waals surface area contributed by atoms with Gasteiger partial charge in [0.1, 0.15) is 0 Å². The number of benzene rings is 3. The van der Waals surface area contributed by atoms with Crippen LogP contribution in [0.4, 0.5) is 0 Å². The summed E-state index contributed by atoms with van der Waals surface area (Å²) in [5.74, 6) is 0. The predicted molar refractivity (Wildman–Crippen MR) is 89.9 cm³/mol. The number of fused-ring (bicyclic) bond motifs is 6. The van der Waals surface area contributed by atoms with E-state index in [0.29, 0.717) is 0 Å². The Morgan fingerprint density at radius 1 is 0.500 bits per heavy atom. The van der Waals surface area contributed by atoms with Crippen LogP contribution < -0.4 is 0 Å². The lowest BCUT2D eigenvalue weighted by molar-refractivity contribution is 1.40. The molecular weight excluding hydrogens is 270 g/mol. The van der Waals surface area contributed by atoms with Gasteiger partial charge in [0.15, 0.2) is 0 Å². The highest BCUT2D eigenvalue weighted by Gasteiger charge is 2.08. The van der Waals surface area contributed by atoms with Crippen molar-refractivity contribution in [2.24, 2.45) is 0 Å². The van der Waals surface area contributed by atoms with Gasteiger partial charge in [0.2, 0.25) is 0 Å². The van der Waals surface area contributed by atoms with Gasteiger partial charge in [-0.05, 0) is 41.8 Å². The third-order valence-corrected chi connectivity index (χ3v) is 4.09. The van der Waals surface area contributed by atoms with Crippen LogP contribution in [0.25, 0.3) is 43.7 Å². The van der Waals surface area contributed by atoms with Crippen molar-refractivity contribution in [1.29, 1.82) is 0 Å². The van der Waals surface area contributed by atoms with Gasteiger partial charge in [-0.15, -0.1) is 0 Å². The van der Waals surface area contributed by atoms with Gasteiger partial charge in [0.05, 0.1) is 27.6 Å². The first kappa shape index (κ1) is 11.6. The molecule has 0 spiro atoms. The van der Waals surface area contributed by atoms with Crippen LogP contribution >= 0.6 is 0 Å². The third-order valence-electron chi connectivity index (χ3n) is 4.09. The molecule has 3 nitrogen and oxygen atoms in total. The summed E-state index contributed by atoms with van der Waals surface area (Å²) in [6.07, 6.45) is 1.82. The van der Waals surface area contributed by atoms with Crippen molar-refractivity contribution in [2.45, 2.75) is 0 Å². The second-order valence-corrected chi connectivity index (χ2v) is 5.38. The van der Waals surface area contributed by atoms with Crippen molar-refractivity contribution in [3.05, 3.63) is 66.9 Å². The van der Waals surface area contributed by atoms with Crippen LogP contribution in [0, 0.1) is 0 Å². The smallest absolute Gasteiger partial charge is 0.0973 e. The Morgan fingerprint density at radius 2 is 1.27 bits per heavy atom. The fourth-order valence-corrected chi connectivity index (χ4v) is 3.05. The SMILES string of the molecule is c1ccc2nc3c(ccc4c5cccnc5ccc43)nc2c1. The quantitative estimate of drug-likeness (QED) is 0.310. The highest BCUT2D eigenvalue weighted by Crippen LogP contribution is 2.29. The molecule has 0 saturated heterocycles. The van der Waals surface area contributed by atoms with Crippen LogP contribution in [0.1, 0.15) is 0 Å². The van der Waals surface area contributed by atoms with E-state index in [-0.39, 0.29) is 0 Å². The van der Waals surface area contributed by atoms with Gasteiger partial charge in [-0.25, -0.2) is 9.97 Å². The Hall–Kier alpha value is -3.07. The predicted octanol–water partition coefficient (Wildman–Crippen LogP) is 4.48. The van der Waals surface area contributed by atoms with E-state index < -0.39 is 0 Å². The minimum atomic E-state index is 0.925. The van der Waals surface area contributed by atoms with Gasteiger partial charge < -0.3 is 0 Å². The van der Waals surface area contributed by atoms with Gasteiger partial charge in [-0.1, -0.05) is 24.3 Å². The number of nitrogens with zero attached hydrogens (tertiary/aromatic N) is 3. The maximum absolute atomic E-state index is 4.83. The van der Waals surface area contributed by atoms with E-state index in [1.807, 2.05) is 48.7 Å². The van der Waals surface area contributed by atoms with Crippen LogP contribution in [0.15, 0.2) is 66.9 Å². The Balaban J connectivity index is 2.02. The normalized spacial score (nSPS) is 11.6. The summed E-state index contributed by atoms with van der Waals surface area (Å²) in [6, 6.07) is 20.4. The number of aromatic nitrogens is 3. The number of hydrogen-bond donors (Lipinski definition) is 0. The van der Waals surface area contributed by atoms with Crippen molar-refractivity contribution >= 4 is 43.7 Å². The standard InChI is InChI=1S/C19H11N3/c1-2-6-17-16(5-1)21-18-10-7-12-13-4-3-11-20-15(13)9-8-14(12)19(18)22-17/h1-11H. The molecule has 2 aromatic heterocycles. The van der Waals surface area contributed by atoms with Crippen molar-refractivity contribution in [1.82, 2.24) is 15.0 Å². The van der Waals surface area contributed by atoms with Crippen LogP contribution in [-0.4, -0.2) is 15.0 Å². The lowest BCUT2D eigenvalue weighted by Gasteiger charge is -2.07. The summed E-state index contributed by atoms with van der Waals surface area (Å²) in [7, 11) is 0. The molecule has 2 heterocycles. The average molecular weight is 281 g/mol. The molecule has 5 aromatic rings. The van der Waals surface area contributed by atoms with Crippen LogP contribution in [-0.2, 0) is 0 Å². The summed E-state index contributed by atoms with van der Waals surface area (Å²) in [5, 5.41) is 3.44. The topological polar surface area (TPSA) is 38.7 Å². The van der Waals surface area contributed by atoms with Crippen molar-refractivity contribution in [3.63, 3.8) is 0 Å². The Labute approximate surface area is 126 Å². The minimum Gasteiger partial charge on any atom is -0.256 e. The molecule has 5 rings (SSSR count). The maximum atomic E-state index is 4.83. The zero-order valence-corrected chi connectivity index (χ0v) is 11.7. The van der Waals surface area contributed by atoms with E-state index in [1.54, 1.807) is 0 Å². The summed E-state index contributed by atoms with van der Waals surface area (Å²) >= 11 is 0. The van der Waals surface area contributed by atoms with E-state index >= 15 is 0 Å². The van der Waals surface area contributed by atoms with Gasteiger partial charge in [-0.3, -0.25) is 4.98 Å². The molecular formula is C19H11N3. The highest BCUT2D eigenvalue weighted by atomic mass is 14.8. The Morgan fingerprint density at radius 3 is 2.18 bits per heavy atom. The maximum Gasteiger partial charge on any atom is 0.0973 e. The second-order valence-electron chi connectivity index (χ2n) is 5.38. The lowest BCUT2D eigenvalue weighted by Crippen LogP contribution is -1.89. The van der Waals surface area contributed by atoms with Crippen molar-refractivity contribution in [2.75, 3.05) is 0 Å². The number of pyridine rings is 1. The molecule has 0 N–H and O–H groups in total.